The van der Waals surface area contributed by atoms with Crippen molar-refractivity contribution in [1.82, 2.24) is 4.90 Å². The predicted molar refractivity (Wildman–Crippen MR) is 125 cm³/mol. The smallest absolute Gasteiger partial charge is 0.309 e. The van der Waals surface area contributed by atoms with Gasteiger partial charge in [0.05, 0.1) is 12.2 Å². The molecule has 0 spiro atoms. The third-order valence-corrected chi connectivity index (χ3v) is 6.20. The molecule has 176 valence electrons. The minimum Gasteiger partial charge on any atom is -0.454 e. The number of hydrogen-bond acceptors (Lipinski definition) is 6. The van der Waals surface area contributed by atoms with Crippen LogP contribution in [0.3, 0.4) is 0 Å². The Hall–Kier alpha value is -2.91. The second-order valence-electron chi connectivity index (χ2n) is 7.97. The zero-order valence-corrected chi connectivity index (χ0v) is 19.9. The van der Waals surface area contributed by atoms with Crippen LogP contribution in [0.15, 0.2) is 48.5 Å². The lowest BCUT2D eigenvalue weighted by Gasteiger charge is -2.31. The molecule has 1 fully saturated rings. The minimum atomic E-state index is -3.42. The summed E-state index contributed by atoms with van der Waals surface area (Å²) in [5.74, 6) is -1.36. The number of ketones is 1. The van der Waals surface area contributed by atoms with Gasteiger partial charge in [0, 0.05) is 34.9 Å². The number of hydrogen-bond donors (Lipinski definition) is 1. The molecule has 1 atom stereocenters. The molecule has 10 heteroatoms. The van der Waals surface area contributed by atoms with Crippen LogP contribution in [-0.4, -0.2) is 56.4 Å². The molecular weight excluding hydrogens is 468 g/mol. The number of benzene rings is 2. The number of carbonyl (C=O) groups is 3. The Morgan fingerprint density at radius 1 is 1.00 bits per heavy atom. The van der Waals surface area contributed by atoms with Gasteiger partial charge in [-0.25, -0.2) is 8.42 Å². The summed E-state index contributed by atoms with van der Waals surface area (Å²) in [4.78, 5) is 39.5. The second kappa shape index (κ2) is 10.4. The first kappa shape index (κ1) is 24.7. The molecule has 0 bridgehead atoms. The molecule has 1 aliphatic heterocycles. The largest absolute Gasteiger partial charge is 0.454 e. The number of nitrogens with zero attached hydrogens (tertiary/aromatic N) is 1. The average Bonchev–Trinajstić information content (AvgIpc) is 2.78. The van der Waals surface area contributed by atoms with Crippen LogP contribution in [0, 0.1) is 5.92 Å². The normalized spacial score (nSPS) is 15.5. The van der Waals surface area contributed by atoms with Gasteiger partial charge in [-0.15, -0.1) is 0 Å². The third-order valence-electron chi connectivity index (χ3n) is 5.34. The van der Waals surface area contributed by atoms with E-state index in [-0.39, 0.29) is 11.7 Å². The Balaban J connectivity index is 1.51. The summed E-state index contributed by atoms with van der Waals surface area (Å²) < 4.78 is 30.3. The highest BCUT2D eigenvalue weighted by molar-refractivity contribution is 7.92. The number of esters is 1. The van der Waals surface area contributed by atoms with E-state index in [4.69, 9.17) is 16.3 Å². The monoisotopic (exact) mass is 492 g/mol. The topological polar surface area (TPSA) is 110 Å². The van der Waals surface area contributed by atoms with Gasteiger partial charge in [0.25, 0.3) is 5.91 Å². The number of ether oxygens (including phenoxy) is 1. The molecule has 1 unspecified atom stereocenters. The molecule has 1 aliphatic rings. The fraction of sp³-hybridized carbons (Fsp3) is 0.348. The summed E-state index contributed by atoms with van der Waals surface area (Å²) >= 11 is 5.86. The van der Waals surface area contributed by atoms with Crippen molar-refractivity contribution in [1.29, 1.82) is 0 Å². The second-order valence-corrected chi connectivity index (χ2v) is 10.2. The number of nitrogens with one attached hydrogen (secondary N) is 1. The molecular formula is C23H25ClN2O6S. The SMILES string of the molecule is CC(OC(=O)C1CCN(C(=O)c2ccc(Cl)cc2)CC1)C(=O)c1ccc(NS(C)(=O)=O)cc1. The Labute approximate surface area is 197 Å². The zero-order valence-electron chi connectivity index (χ0n) is 18.3. The van der Waals surface area contributed by atoms with E-state index in [9.17, 15) is 22.8 Å². The van der Waals surface area contributed by atoms with Gasteiger partial charge in [0.1, 0.15) is 0 Å². The van der Waals surface area contributed by atoms with Crippen LogP contribution in [-0.2, 0) is 19.6 Å². The van der Waals surface area contributed by atoms with E-state index in [1.165, 1.54) is 31.2 Å². The first-order valence-electron chi connectivity index (χ1n) is 10.4. The minimum absolute atomic E-state index is 0.115. The first-order chi connectivity index (χ1) is 15.5. The fourth-order valence-electron chi connectivity index (χ4n) is 3.57. The molecule has 2 aromatic carbocycles. The van der Waals surface area contributed by atoms with Crippen LogP contribution in [0.25, 0.3) is 0 Å². The summed E-state index contributed by atoms with van der Waals surface area (Å²) in [7, 11) is -3.42. The number of amides is 1. The quantitative estimate of drug-likeness (QED) is 0.468. The fourth-order valence-corrected chi connectivity index (χ4v) is 4.26. The van der Waals surface area contributed by atoms with Gasteiger partial charge in [-0.3, -0.25) is 19.1 Å². The number of anilines is 1. The lowest BCUT2D eigenvalue weighted by molar-refractivity contribution is -0.152. The maximum Gasteiger partial charge on any atom is 0.309 e. The third kappa shape index (κ3) is 6.79. The summed E-state index contributed by atoms with van der Waals surface area (Å²) in [5.41, 5.74) is 1.17. The maximum atomic E-state index is 12.6. The number of piperidine rings is 1. The molecule has 3 rings (SSSR count). The molecule has 1 N–H and O–H groups in total. The van der Waals surface area contributed by atoms with E-state index < -0.39 is 28.0 Å². The van der Waals surface area contributed by atoms with Gasteiger partial charge in [0.2, 0.25) is 15.8 Å². The van der Waals surface area contributed by atoms with Gasteiger partial charge in [-0.2, -0.15) is 0 Å². The highest BCUT2D eigenvalue weighted by Gasteiger charge is 2.31. The molecule has 1 heterocycles. The first-order valence-corrected chi connectivity index (χ1v) is 12.7. The van der Waals surface area contributed by atoms with Crippen molar-refractivity contribution in [2.24, 2.45) is 5.92 Å². The number of sulfonamides is 1. The van der Waals surface area contributed by atoms with Crippen molar-refractivity contribution in [2.45, 2.75) is 25.9 Å². The Kier molecular flexibility index (Phi) is 7.76. The highest BCUT2D eigenvalue weighted by atomic mass is 35.5. The van der Waals surface area contributed by atoms with Crippen LogP contribution in [0.1, 0.15) is 40.5 Å². The lowest BCUT2D eigenvalue weighted by Crippen LogP contribution is -2.41. The highest BCUT2D eigenvalue weighted by Crippen LogP contribution is 2.22. The molecule has 0 aliphatic carbocycles. The summed E-state index contributed by atoms with van der Waals surface area (Å²) in [6, 6.07) is 12.5. The number of Topliss-reactive ketones (excluding diaryl/α,β-unsaturated/α-hetero) is 1. The van der Waals surface area contributed by atoms with Crippen molar-refractivity contribution >= 4 is 45.0 Å². The van der Waals surface area contributed by atoms with E-state index in [0.717, 1.165) is 6.26 Å². The molecule has 0 aromatic heterocycles. The molecule has 1 saturated heterocycles. The van der Waals surface area contributed by atoms with Crippen molar-refractivity contribution in [3.63, 3.8) is 0 Å². The van der Waals surface area contributed by atoms with E-state index in [1.807, 2.05) is 0 Å². The van der Waals surface area contributed by atoms with Crippen LogP contribution in [0.4, 0.5) is 5.69 Å². The summed E-state index contributed by atoms with van der Waals surface area (Å²) in [6.45, 7) is 2.33. The van der Waals surface area contributed by atoms with E-state index >= 15 is 0 Å². The Morgan fingerprint density at radius 2 is 1.55 bits per heavy atom. The van der Waals surface area contributed by atoms with Gasteiger partial charge in [-0.1, -0.05) is 11.6 Å². The average molecular weight is 493 g/mol. The standard InChI is InChI=1S/C23H25ClN2O6S/c1-15(21(27)16-5-9-20(10-6-16)25-33(2,30)31)32-23(29)18-11-13-26(14-12-18)22(28)17-3-7-19(24)8-4-17/h3-10,15,18,25H,11-14H2,1-2H3. The molecule has 2 aromatic rings. The van der Waals surface area contributed by atoms with Gasteiger partial charge in [-0.05, 0) is 68.3 Å². The molecule has 0 radical (unpaired) electrons. The number of halogens is 1. The van der Waals surface area contributed by atoms with Crippen LogP contribution >= 0.6 is 11.6 Å². The van der Waals surface area contributed by atoms with Crippen LogP contribution in [0.2, 0.25) is 5.02 Å². The molecule has 33 heavy (non-hydrogen) atoms. The van der Waals surface area contributed by atoms with Crippen molar-refractivity contribution in [2.75, 3.05) is 24.1 Å². The zero-order chi connectivity index (χ0) is 24.2. The lowest BCUT2D eigenvalue weighted by atomic mass is 9.96. The Morgan fingerprint density at radius 3 is 2.09 bits per heavy atom. The van der Waals surface area contributed by atoms with Crippen LogP contribution < -0.4 is 4.72 Å². The summed E-state index contributed by atoms with van der Waals surface area (Å²) in [6.07, 6.45) is 0.946. The molecule has 8 nitrogen and oxygen atoms in total. The Bertz CT molecular complexity index is 1120. The van der Waals surface area contributed by atoms with Gasteiger partial charge in [0.15, 0.2) is 6.10 Å². The molecule has 0 saturated carbocycles. The van der Waals surface area contributed by atoms with Gasteiger partial charge < -0.3 is 9.64 Å². The van der Waals surface area contributed by atoms with Crippen molar-refractivity contribution < 1.29 is 27.5 Å². The van der Waals surface area contributed by atoms with E-state index in [2.05, 4.69) is 4.72 Å². The van der Waals surface area contributed by atoms with Crippen molar-refractivity contribution in [3.05, 3.63) is 64.7 Å². The van der Waals surface area contributed by atoms with Crippen molar-refractivity contribution in [3.8, 4) is 0 Å². The van der Waals surface area contributed by atoms with Crippen LogP contribution in [0.5, 0.6) is 0 Å². The number of rotatable bonds is 7. The number of carbonyl (C=O) groups excluding carboxylic acids is 3. The van der Waals surface area contributed by atoms with E-state index in [1.54, 1.807) is 29.2 Å². The van der Waals surface area contributed by atoms with E-state index in [0.29, 0.717) is 47.8 Å². The van der Waals surface area contributed by atoms with Gasteiger partial charge >= 0.3 is 5.97 Å². The number of likely N-dealkylation sites (tertiary alicyclic amines) is 1. The molecule has 1 amide bonds. The summed E-state index contributed by atoms with van der Waals surface area (Å²) in [5, 5.41) is 0.554. The maximum absolute atomic E-state index is 12.6. The predicted octanol–water partition coefficient (Wildman–Crippen LogP) is 3.38.